The predicted molar refractivity (Wildman–Crippen MR) is 145 cm³/mol. The Kier molecular flexibility index (Phi) is 8.04. The van der Waals surface area contributed by atoms with Crippen molar-refractivity contribution in [3.8, 4) is 17.0 Å². The minimum Gasteiger partial charge on any atom is -0.497 e. The minimum absolute atomic E-state index is 0.237. The third kappa shape index (κ3) is 6.70. The summed E-state index contributed by atoms with van der Waals surface area (Å²) in [5.74, 6) is 0.826. The van der Waals surface area contributed by atoms with Gasteiger partial charge in [0.2, 0.25) is 0 Å². The number of amides is 1. The molecule has 0 atom stereocenters. The molecule has 0 N–H and O–H groups in total. The number of carbonyl (C=O) groups excluding carboxylic acids is 1. The number of hydrogen-bond donors (Lipinski definition) is 0. The summed E-state index contributed by atoms with van der Waals surface area (Å²) in [7, 11) is 1.68. The van der Waals surface area contributed by atoms with Gasteiger partial charge < -0.3 is 19.3 Å². The van der Waals surface area contributed by atoms with E-state index in [1.54, 1.807) is 7.11 Å². The highest BCUT2D eigenvalue weighted by Crippen LogP contribution is 2.29. The highest BCUT2D eigenvalue weighted by Gasteiger charge is 2.30. The van der Waals surface area contributed by atoms with Crippen molar-refractivity contribution in [2.75, 3.05) is 25.1 Å². The molecular formula is C29H34ClN3O3. The molecule has 1 aliphatic rings. The number of ether oxygens (including phenoxy) is 2. The van der Waals surface area contributed by atoms with Crippen LogP contribution in [-0.4, -0.2) is 47.8 Å². The Hall–Kier alpha value is -3.25. The van der Waals surface area contributed by atoms with Gasteiger partial charge in [-0.25, -0.2) is 4.79 Å². The minimum atomic E-state index is -0.494. The maximum absolute atomic E-state index is 12.6. The van der Waals surface area contributed by atoms with Crippen LogP contribution in [0.3, 0.4) is 0 Å². The van der Waals surface area contributed by atoms with Gasteiger partial charge in [0.05, 0.1) is 12.8 Å². The monoisotopic (exact) mass is 507 g/mol. The first-order chi connectivity index (χ1) is 17.2. The van der Waals surface area contributed by atoms with E-state index in [-0.39, 0.29) is 12.1 Å². The maximum Gasteiger partial charge on any atom is 0.410 e. The number of nitrogens with zero attached hydrogens (tertiary/aromatic N) is 3. The topological polar surface area (TPSA) is 54.9 Å². The quantitative estimate of drug-likeness (QED) is 0.366. The fourth-order valence-corrected chi connectivity index (χ4v) is 4.57. The van der Waals surface area contributed by atoms with Crippen molar-refractivity contribution in [3.63, 3.8) is 0 Å². The van der Waals surface area contributed by atoms with Crippen LogP contribution in [0.1, 0.15) is 39.2 Å². The van der Waals surface area contributed by atoms with Crippen molar-refractivity contribution in [1.82, 2.24) is 9.88 Å². The number of benzene rings is 2. The Morgan fingerprint density at radius 3 is 2.33 bits per heavy atom. The van der Waals surface area contributed by atoms with Crippen molar-refractivity contribution in [2.24, 2.45) is 0 Å². The molecule has 0 saturated carbocycles. The number of halogens is 1. The van der Waals surface area contributed by atoms with Crippen LogP contribution < -0.4 is 9.64 Å². The number of aromatic nitrogens is 1. The van der Waals surface area contributed by atoms with Crippen LogP contribution in [-0.2, 0) is 11.3 Å². The first kappa shape index (κ1) is 25.8. The van der Waals surface area contributed by atoms with Crippen molar-refractivity contribution < 1.29 is 14.3 Å². The second kappa shape index (κ2) is 11.2. The number of rotatable bonds is 6. The lowest BCUT2D eigenvalue weighted by atomic mass is 10.0. The molecule has 1 fully saturated rings. The van der Waals surface area contributed by atoms with Crippen LogP contribution in [0.2, 0.25) is 5.02 Å². The summed E-state index contributed by atoms with van der Waals surface area (Å²) < 4.78 is 11.0. The lowest BCUT2D eigenvalue weighted by Gasteiger charge is -2.40. The molecular weight excluding hydrogens is 474 g/mol. The van der Waals surface area contributed by atoms with Crippen molar-refractivity contribution in [2.45, 2.75) is 51.8 Å². The lowest BCUT2D eigenvalue weighted by molar-refractivity contribution is 0.0204. The number of methoxy groups -OCH3 is 1. The van der Waals surface area contributed by atoms with E-state index in [0.717, 1.165) is 42.1 Å². The SMILES string of the molecule is COc1ccc(N(Cc2ccnc(-c3ccc(Cl)cc3)c2)C2CCN(C(=O)OC(C)(C)C)CC2)cc1. The molecule has 7 heteroatoms. The largest absolute Gasteiger partial charge is 0.497 e. The Bertz CT molecular complexity index is 1150. The van der Waals surface area contributed by atoms with Crippen LogP contribution in [0.4, 0.5) is 10.5 Å². The molecule has 0 spiro atoms. The Morgan fingerprint density at radius 1 is 1.06 bits per heavy atom. The van der Waals surface area contributed by atoms with Gasteiger partial charge in [-0.1, -0.05) is 23.7 Å². The molecule has 0 bridgehead atoms. The van der Waals surface area contributed by atoms with E-state index in [9.17, 15) is 4.79 Å². The molecule has 1 aromatic heterocycles. The van der Waals surface area contributed by atoms with E-state index in [2.05, 4.69) is 34.1 Å². The molecule has 0 unspecified atom stereocenters. The molecule has 36 heavy (non-hydrogen) atoms. The summed E-state index contributed by atoms with van der Waals surface area (Å²) in [6, 6.07) is 20.4. The Morgan fingerprint density at radius 2 is 1.72 bits per heavy atom. The predicted octanol–water partition coefficient (Wildman–Crippen LogP) is 6.82. The fraction of sp³-hybridized carbons (Fsp3) is 0.379. The van der Waals surface area contributed by atoms with E-state index in [1.165, 1.54) is 5.56 Å². The Labute approximate surface area is 218 Å². The van der Waals surface area contributed by atoms with E-state index in [0.29, 0.717) is 18.1 Å². The molecule has 3 aromatic rings. The summed E-state index contributed by atoms with van der Waals surface area (Å²) in [6.45, 7) is 7.76. The number of hydrogen-bond acceptors (Lipinski definition) is 5. The van der Waals surface area contributed by atoms with Crippen LogP contribution in [0.5, 0.6) is 5.75 Å². The number of pyridine rings is 1. The van der Waals surface area contributed by atoms with Crippen molar-refractivity contribution >= 4 is 23.4 Å². The zero-order valence-corrected chi connectivity index (χ0v) is 22.2. The van der Waals surface area contributed by atoms with Crippen LogP contribution >= 0.6 is 11.6 Å². The van der Waals surface area contributed by atoms with Gasteiger partial charge in [-0.2, -0.15) is 0 Å². The zero-order chi connectivity index (χ0) is 25.7. The summed E-state index contributed by atoms with van der Waals surface area (Å²) in [5, 5.41) is 0.707. The zero-order valence-electron chi connectivity index (χ0n) is 21.4. The molecule has 1 aliphatic heterocycles. The number of carbonyl (C=O) groups is 1. The standard InChI is InChI=1S/C29H34ClN3O3/c1-29(2,3)36-28(34)32-17-14-25(15-18-32)33(24-9-11-26(35-4)12-10-24)20-21-13-16-31-27(19-21)22-5-7-23(30)8-6-22/h5-13,16,19,25H,14-15,17-18,20H2,1-4H3. The second-order valence-electron chi connectivity index (χ2n) is 10.1. The van der Waals surface area contributed by atoms with E-state index >= 15 is 0 Å². The normalized spacial score (nSPS) is 14.4. The molecule has 1 saturated heterocycles. The van der Waals surface area contributed by atoms with E-state index in [4.69, 9.17) is 21.1 Å². The van der Waals surface area contributed by atoms with Crippen molar-refractivity contribution in [1.29, 1.82) is 0 Å². The highest BCUT2D eigenvalue weighted by atomic mass is 35.5. The average Bonchev–Trinajstić information content (AvgIpc) is 2.87. The average molecular weight is 508 g/mol. The van der Waals surface area contributed by atoms with E-state index in [1.807, 2.05) is 68.3 Å². The van der Waals surface area contributed by atoms with Gasteiger partial charge in [-0.15, -0.1) is 0 Å². The number of piperidine rings is 1. The molecule has 0 radical (unpaired) electrons. The summed E-state index contributed by atoms with van der Waals surface area (Å²) >= 11 is 6.07. The van der Waals surface area contributed by atoms with Gasteiger partial charge in [0.25, 0.3) is 0 Å². The molecule has 4 rings (SSSR count). The van der Waals surface area contributed by atoms with Crippen LogP contribution in [0.25, 0.3) is 11.3 Å². The Balaban J connectivity index is 1.54. The second-order valence-corrected chi connectivity index (χ2v) is 10.5. The first-order valence-electron chi connectivity index (χ1n) is 12.3. The third-order valence-electron chi connectivity index (χ3n) is 6.28. The number of likely N-dealkylation sites (tertiary alicyclic amines) is 1. The number of anilines is 1. The maximum atomic E-state index is 12.6. The smallest absolute Gasteiger partial charge is 0.410 e. The van der Waals surface area contributed by atoms with Gasteiger partial charge in [0.15, 0.2) is 0 Å². The van der Waals surface area contributed by atoms with Crippen molar-refractivity contribution in [3.05, 3.63) is 77.4 Å². The summed E-state index contributed by atoms with van der Waals surface area (Å²) in [4.78, 5) is 21.4. The molecule has 190 valence electrons. The molecule has 0 aliphatic carbocycles. The van der Waals surface area contributed by atoms with Gasteiger partial charge in [0, 0.05) is 48.1 Å². The van der Waals surface area contributed by atoms with Gasteiger partial charge in [0.1, 0.15) is 11.4 Å². The van der Waals surface area contributed by atoms with Gasteiger partial charge >= 0.3 is 6.09 Å². The van der Waals surface area contributed by atoms with E-state index < -0.39 is 5.60 Å². The van der Waals surface area contributed by atoms with Gasteiger partial charge in [-0.05, 0) is 87.7 Å². The summed E-state index contributed by atoms with van der Waals surface area (Å²) in [6.07, 6.45) is 3.34. The highest BCUT2D eigenvalue weighted by molar-refractivity contribution is 6.30. The summed E-state index contributed by atoms with van der Waals surface area (Å²) in [5.41, 5.74) is 3.74. The van der Waals surface area contributed by atoms with Gasteiger partial charge in [-0.3, -0.25) is 4.98 Å². The molecule has 2 heterocycles. The van der Waals surface area contributed by atoms with Crippen LogP contribution in [0.15, 0.2) is 66.9 Å². The third-order valence-corrected chi connectivity index (χ3v) is 6.53. The van der Waals surface area contributed by atoms with Crippen LogP contribution in [0, 0.1) is 0 Å². The molecule has 1 amide bonds. The first-order valence-corrected chi connectivity index (χ1v) is 12.7. The fourth-order valence-electron chi connectivity index (χ4n) is 4.44. The molecule has 6 nitrogen and oxygen atoms in total. The molecule has 2 aromatic carbocycles. The lowest BCUT2D eigenvalue weighted by Crippen LogP contribution is -2.48.